The minimum absolute atomic E-state index is 0.0748. The summed E-state index contributed by atoms with van der Waals surface area (Å²) in [4.78, 5) is 7.13. The van der Waals surface area contributed by atoms with E-state index in [4.69, 9.17) is 0 Å². The summed E-state index contributed by atoms with van der Waals surface area (Å²) in [6.45, 7) is 2.02. The third kappa shape index (κ3) is 3.01. The van der Waals surface area contributed by atoms with Crippen molar-refractivity contribution < 1.29 is 17.6 Å². The molecule has 0 atom stereocenters. The third-order valence-corrected chi connectivity index (χ3v) is 3.25. The highest BCUT2D eigenvalue weighted by molar-refractivity contribution is 7.19. The number of rotatable bonds is 3. The van der Waals surface area contributed by atoms with E-state index in [9.17, 15) is 17.6 Å². The molecule has 2 aromatic heterocycles. The van der Waals surface area contributed by atoms with Crippen LogP contribution in [0.2, 0.25) is 0 Å². The van der Waals surface area contributed by atoms with Gasteiger partial charge in [0, 0.05) is 18.3 Å². The predicted molar refractivity (Wildman–Crippen MR) is 64.5 cm³/mol. The van der Waals surface area contributed by atoms with Crippen molar-refractivity contribution in [2.75, 3.05) is 11.9 Å². The fourth-order valence-electron chi connectivity index (χ4n) is 1.44. The molecule has 102 valence electrons. The summed E-state index contributed by atoms with van der Waals surface area (Å²) in [6.07, 6.45) is -2.29. The van der Waals surface area contributed by atoms with Gasteiger partial charge in [-0.1, -0.05) is 11.3 Å². The van der Waals surface area contributed by atoms with E-state index in [0.29, 0.717) is 6.54 Å². The molecule has 0 bridgehead atoms. The summed E-state index contributed by atoms with van der Waals surface area (Å²) in [5.74, 6) is -0.619. The first-order valence-electron chi connectivity index (χ1n) is 5.34. The lowest BCUT2D eigenvalue weighted by atomic mass is 10.3. The van der Waals surface area contributed by atoms with Crippen molar-refractivity contribution in [3.63, 3.8) is 0 Å². The minimum Gasteiger partial charge on any atom is -0.375 e. The Kier molecular flexibility index (Phi) is 3.70. The van der Waals surface area contributed by atoms with Crippen molar-refractivity contribution in [2.45, 2.75) is 13.1 Å². The smallest absolute Gasteiger partial charge is 0.375 e. The molecule has 1 N–H and O–H groups in total. The van der Waals surface area contributed by atoms with Gasteiger partial charge in [-0.15, -0.1) is 0 Å². The lowest BCUT2D eigenvalue weighted by Gasteiger charge is -2.05. The molecule has 0 unspecified atom stereocenters. The van der Waals surface area contributed by atoms with Gasteiger partial charge in [0.25, 0.3) is 0 Å². The highest BCUT2D eigenvalue weighted by Crippen LogP contribution is 2.40. The molecule has 19 heavy (non-hydrogen) atoms. The Morgan fingerprint density at radius 2 is 2.05 bits per heavy atom. The van der Waals surface area contributed by atoms with Crippen molar-refractivity contribution in [3.8, 4) is 10.6 Å². The summed E-state index contributed by atoms with van der Waals surface area (Å²) in [7, 11) is 0. The van der Waals surface area contributed by atoms with E-state index < -0.39 is 17.7 Å². The van der Waals surface area contributed by atoms with Crippen LogP contribution in [-0.4, -0.2) is 16.5 Å². The summed E-state index contributed by atoms with van der Waals surface area (Å²) in [5.41, 5.74) is -0.765. The molecular formula is C11H9F4N3S. The standard InChI is InChI=1S/C11H9F4N3S/c1-2-17-10-8(11(13,14)15)18-9(19-10)6-3-7(12)5-16-4-6/h3-5,17H,2H2,1H3. The van der Waals surface area contributed by atoms with Gasteiger partial charge in [0.2, 0.25) is 0 Å². The highest BCUT2D eigenvalue weighted by atomic mass is 32.1. The van der Waals surface area contributed by atoms with Crippen LogP contribution >= 0.6 is 11.3 Å². The Bertz CT molecular complexity index is 580. The number of halogens is 4. The zero-order valence-corrected chi connectivity index (χ0v) is 10.6. The lowest BCUT2D eigenvalue weighted by molar-refractivity contribution is -0.140. The van der Waals surface area contributed by atoms with E-state index in [1.807, 2.05) is 0 Å². The Balaban J connectivity index is 2.48. The van der Waals surface area contributed by atoms with Crippen LogP contribution in [0.1, 0.15) is 12.6 Å². The molecule has 0 aliphatic rings. The average molecular weight is 291 g/mol. The molecule has 2 aromatic rings. The molecule has 8 heteroatoms. The first-order chi connectivity index (χ1) is 8.91. The Hall–Kier alpha value is -1.70. The molecule has 3 nitrogen and oxygen atoms in total. The Labute approximate surface area is 110 Å². The average Bonchev–Trinajstić information content (AvgIpc) is 2.73. The van der Waals surface area contributed by atoms with Crippen LogP contribution < -0.4 is 5.32 Å². The van der Waals surface area contributed by atoms with Crippen LogP contribution in [-0.2, 0) is 6.18 Å². The largest absolute Gasteiger partial charge is 0.436 e. The summed E-state index contributed by atoms with van der Waals surface area (Å²) >= 11 is 0.824. The zero-order valence-electron chi connectivity index (χ0n) is 9.75. The lowest BCUT2D eigenvalue weighted by Crippen LogP contribution is -2.09. The fraction of sp³-hybridized carbons (Fsp3) is 0.273. The molecule has 2 heterocycles. The molecule has 0 amide bonds. The van der Waals surface area contributed by atoms with Crippen molar-refractivity contribution in [1.82, 2.24) is 9.97 Å². The molecule has 0 aliphatic carbocycles. The van der Waals surface area contributed by atoms with E-state index in [2.05, 4.69) is 15.3 Å². The first-order valence-corrected chi connectivity index (χ1v) is 6.16. The number of nitrogens with one attached hydrogen (secondary N) is 1. The number of alkyl halides is 3. The minimum atomic E-state index is -4.55. The summed E-state index contributed by atoms with van der Waals surface area (Å²) in [5, 5.41) is 2.61. The molecule has 0 saturated carbocycles. The maximum Gasteiger partial charge on any atom is 0.436 e. The molecule has 2 rings (SSSR count). The summed E-state index contributed by atoms with van der Waals surface area (Å²) in [6, 6.07) is 1.10. The normalized spacial score (nSPS) is 11.6. The van der Waals surface area contributed by atoms with Gasteiger partial charge in [0.05, 0.1) is 6.20 Å². The molecular weight excluding hydrogens is 282 g/mol. The van der Waals surface area contributed by atoms with Crippen LogP contribution in [0.15, 0.2) is 18.5 Å². The topological polar surface area (TPSA) is 37.8 Å². The van der Waals surface area contributed by atoms with Crippen LogP contribution in [0.3, 0.4) is 0 Å². The molecule has 0 spiro atoms. The van der Waals surface area contributed by atoms with Crippen molar-refractivity contribution in [2.24, 2.45) is 0 Å². The Morgan fingerprint density at radius 3 is 2.63 bits per heavy atom. The number of nitrogens with zero attached hydrogens (tertiary/aromatic N) is 2. The maximum absolute atomic E-state index is 13.0. The van der Waals surface area contributed by atoms with Crippen molar-refractivity contribution >= 4 is 16.3 Å². The zero-order chi connectivity index (χ0) is 14.0. The molecule has 0 saturated heterocycles. The number of hydrogen-bond acceptors (Lipinski definition) is 4. The second-order valence-corrected chi connectivity index (χ2v) is 4.62. The van der Waals surface area contributed by atoms with Gasteiger partial charge in [-0.2, -0.15) is 13.2 Å². The number of hydrogen-bond donors (Lipinski definition) is 1. The van der Waals surface area contributed by atoms with Crippen LogP contribution in [0.4, 0.5) is 22.6 Å². The van der Waals surface area contributed by atoms with E-state index in [1.165, 1.54) is 6.20 Å². The number of aromatic nitrogens is 2. The number of thiazole rings is 1. The van der Waals surface area contributed by atoms with Gasteiger partial charge >= 0.3 is 6.18 Å². The van der Waals surface area contributed by atoms with E-state index >= 15 is 0 Å². The second-order valence-electron chi connectivity index (χ2n) is 3.62. The molecule has 0 aliphatic heterocycles. The van der Waals surface area contributed by atoms with Gasteiger partial charge in [-0.3, -0.25) is 4.98 Å². The highest BCUT2D eigenvalue weighted by Gasteiger charge is 2.37. The molecule has 0 fully saturated rings. The van der Waals surface area contributed by atoms with Gasteiger partial charge in [0.15, 0.2) is 5.69 Å². The number of anilines is 1. The first kappa shape index (κ1) is 13.7. The molecule has 0 aromatic carbocycles. The van der Waals surface area contributed by atoms with Gasteiger partial charge in [-0.25, -0.2) is 9.37 Å². The fourth-order valence-corrected chi connectivity index (χ4v) is 2.48. The van der Waals surface area contributed by atoms with Crippen molar-refractivity contribution in [3.05, 3.63) is 30.0 Å². The Morgan fingerprint density at radius 1 is 1.32 bits per heavy atom. The van der Waals surface area contributed by atoms with E-state index in [1.54, 1.807) is 6.92 Å². The van der Waals surface area contributed by atoms with Gasteiger partial charge in [-0.05, 0) is 13.0 Å². The van der Waals surface area contributed by atoms with Crippen molar-refractivity contribution in [1.29, 1.82) is 0 Å². The van der Waals surface area contributed by atoms with Crippen LogP contribution in [0.25, 0.3) is 10.6 Å². The summed E-state index contributed by atoms with van der Waals surface area (Å²) < 4.78 is 51.4. The maximum atomic E-state index is 13.0. The second kappa shape index (κ2) is 5.12. The SMILES string of the molecule is CCNc1sc(-c2cncc(F)c2)nc1C(F)(F)F. The third-order valence-electron chi connectivity index (χ3n) is 2.18. The quantitative estimate of drug-likeness (QED) is 0.874. The van der Waals surface area contributed by atoms with Crippen LogP contribution in [0.5, 0.6) is 0 Å². The van der Waals surface area contributed by atoms with Gasteiger partial charge in [0.1, 0.15) is 15.8 Å². The molecule has 0 radical (unpaired) electrons. The van der Waals surface area contributed by atoms with Gasteiger partial charge < -0.3 is 5.32 Å². The predicted octanol–water partition coefficient (Wildman–Crippen LogP) is 3.79. The van der Waals surface area contributed by atoms with Crippen LogP contribution in [0, 0.1) is 5.82 Å². The van der Waals surface area contributed by atoms with E-state index in [-0.39, 0.29) is 15.6 Å². The number of pyridine rings is 1. The monoisotopic (exact) mass is 291 g/mol. The van der Waals surface area contributed by atoms with E-state index in [0.717, 1.165) is 23.6 Å².